The minimum atomic E-state index is -0.436. The van der Waals surface area contributed by atoms with Crippen molar-refractivity contribution >= 4 is 23.1 Å². The number of rotatable bonds is 2. The molecular weight excluding hydrogens is 242 g/mol. The first-order valence-corrected chi connectivity index (χ1v) is 6.11. The third kappa shape index (κ3) is 3.06. The summed E-state index contributed by atoms with van der Waals surface area (Å²) < 4.78 is 0. The van der Waals surface area contributed by atoms with E-state index in [2.05, 4.69) is 9.88 Å². The molecule has 0 amide bonds. The van der Waals surface area contributed by atoms with E-state index in [1.165, 1.54) is 25.0 Å². The summed E-state index contributed by atoms with van der Waals surface area (Å²) in [6.07, 6.45) is 4.61. The van der Waals surface area contributed by atoms with E-state index >= 15 is 0 Å². The largest absolute Gasteiger partial charge is 0.356 e. The Morgan fingerprint density at radius 2 is 1.88 bits per heavy atom. The van der Waals surface area contributed by atoms with E-state index in [-0.39, 0.29) is 10.8 Å². The Balaban J connectivity index is 2.27. The minimum Gasteiger partial charge on any atom is -0.356 e. The van der Waals surface area contributed by atoms with Gasteiger partial charge in [-0.2, -0.15) is 0 Å². The summed E-state index contributed by atoms with van der Waals surface area (Å²) in [5.74, 6) is 0.617. The van der Waals surface area contributed by atoms with Crippen LogP contribution in [0.25, 0.3) is 0 Å². The topological polar surface area (TPSA) is 59.3 Å². The van der Waals surface area contributed by atoms with Crippen molar-refractivity contribution in [2.45, 2.75) is 25.7 Å². The molecule has 1 aliphatic heterocycles. The van der Waals surface area contributed by atoms with Crippen molar-refractivity contribution in [3.05, 3.63) is 27.4 Å². The number of pyridine rings is 1. The van der Waals surface area contributed by atoms with Gasteiger partial charge >= 0.3 is 0 Å². The third-order valence-electron chi connectivity index (χ3n) is 2.91. The Labute approximate surface area is 105 Å². The van der Waals surface area contributed by atoms with Gasteiger partial charge in [0.1, 0.15) is 11.0 Å². The Morgan fingerprint density at radius 1 is 1.24 bits per heavy atom. The lowest BCUT2D eigenvalue weighted by atomic mass is 10.2. The average Bonchev–Trinajstić information content (AvgIpc) is 2.56. The maximum atomic E-state index is 10.8. The molecule has 0 radical (unpaired) electrons. The van der Waals surface area contributed by atoms with E-state index in [1.54, 1.807) is 0 Å². The van der Waals surface area contributed by atoms with Crippen molar-refractivity contribution in [2.24, 2.45) is 0 Å². The summed E-state index contributed by atoms with van der Waals surface area (Å²) in [6.45, 7) is 1.79. The van der Waals surface area contributed by atoms with E-state index in [4.69, 9.17) is 11.6 Å². The van der Waals surface area contributed by atoms with Gasteiger partial charge < -0.3 is 4.90 Å². The fourth-order valence-corrected chi connectivity index (χ4v) is 2.24. The van der Waals surface area contributed by atoms with E-state index < -0.39 is 4.92 Å². The molecule has 1 saturated heterocycles. The molecule has 0 aliphatic carbocycles. The Kier molecular flexibility index (Phi) is 3.78. The molecule has 92 valence electrons. The monoisotopic (exact) mass is 255 g/mol. The van der Waals surface area contributed by atoms with Crippen molar-refractivity contribution in [3.63, 3.8) is 0 Å². The van der Waals surface area contributed by atoms with Gasteiger partial charge in [-0.3, -0.25) is 10.1 Å². The van der Waals surface area contributed by atoms with Crippen molar-refractivity contribution < 1.29 is 4.92 Å². The molecule has 0 spiro atoms. The van der Waals surface area contributed by atoms with Gasteiger partial charge in [0.05, 0.1) is 17.1 Å². The third-order valence-corrected chi connectivity index (χ3v) is 3.10. The number of nitro groups is 1. The van der Waals surface area contributed by atoms with Gasteiger partial charge in [-0.1, -0.05) is 24.4 Å². The van der Waals surface area contributed by atoms with Crippen LogP contribution in [0.2, 0.25) is 5.15 Å². The van der Waals surface area contributed by atoms with Crippen LogP contribution >= 0.6 is 11.6 Å². The highest BCUT2D eigenvalue weighted by molar-refractivity contribution is 6.29. The first kappa shape index (κ1) is 12.1. The zero-order valence-electron chi connectivity index (χ0n) is 9.43. The summed E-state index contributed by atoms with van der Waals surface area (Å²) >= 11 is 5.81. The standard InChI is InChI=1S/C11H14ClN3O2/c12-10-7-9(15(16)17)8-11(13-10)14-5-3-1-2-4-6-14/h7-8H,1-6H2. The molecule has 0 unspecified atom stereocenters. The Bertz CT molecular complexity index is 417. The van der Waals surface area contributed by atoms with Gasteiger partial charge in [0.25, 0.3) is 5.69 Å². The summed E-state index contributed by atoms with van der Waals surface area (Å²) in [5.41, 5.74) is 0.00393. The number of nitrogens with zero attached hydrogens (tertiary/aromatic N) is 3. The number of halogens is 1. The summed E-state index contributed by atoms with van der Waals surface area (Å²) in [6, 6.07) is 2.78. The van der Waals surface area contributed by atoms with Crippen molar-refractivity contribution in [1.29, 1.82) is 0 Å². The van der Waals surface area contributed by atoms with Gasteiger partial charge in [0.15, 0.2) is 0 Å². The summed E-state index contributed by atoms with van der Waals surface area (Å²) in [4.78, 5) is 16.6. The van der Waals surface area contributed by atoms with Crippen LogP contribution in [0.4, 0.5) is 11.5 Å². The Morgan fingerprint density at radius 3 is 2.47 bits per heavy atom. The smallest absolute Gasteiger partial charge is 0.276 e. The Hall–Kier alpha value is -1.36. The van der Waals surface area contributed by atoms with E-state index in [0.29, 0.717) is 5.82 Å². The first-order chi connectivity index (χ1) is 8.16. The van der Waals surface area contributed by atoms with Crippen LogP contribution in [-0.4, -0.2) is 23.0 Å². The van der Waals surface area contributed by atoms with Crippen LogP contribution < -0.4 is 4.90 Å². The molecule has 0 bridgehead atoms. The molecule has 1 aromatic rings. The predicted molar refractivity (Wildman–Crippen MR) is 66.6 cm³/mol. The molecule has 2 heterocycles. The fraction of sp³-hybridized carbons (Fsp3) is 0.545. The lowest BCUT2D eigenvalue weighted by Crippen LogP contribution is -2.24. The molecule has 5 nitrogen and oxygen atoms in total. The van der Waals surface area contributed by atoms with Crippen LogP contribution in [0.5, 0.6) is 0 Å². The number of hydrogen-bond acceptors (Lipinski definition) is 4. The van der Waals surface area contributed by atoms with E-state index in [0.717, 1.165) is 25.9 Å². The summed E-state index contributed by atoms with van der Waals surface area (Å²) in [7, 11) is 0. The molecule has 6 heteroatoms. The highest BCUT2D eigenvalue weighted by Gasteiger charge is 2.16. The molecule has 0 aromatic carbocycles. The van der Waals surface area contributed by atoms with Crippen molar-refractivity contribution in [2.75, 3.05) is 18.0 Å². The molecule has 17 heavy (non-hydrogen) atoms. The highest BCUT2D eigenvalue weighted by Crippen LogP contribution is 2.25. The van der Waals surface area contributed by atoms with E-state index in [9.17, 15) is 10.1 Å². The van der Waals surface area contributed by atoms with Gasteiger partial charge in [-0.05, 0) is 12.8 Å². The molecule has 0 saturated carbocycles. The van der Waals surface area contributed by atoms with Crippen LogP contribution in [0, 0.1) is 10.1 Å². The molecule has 0 atom stereocenters. The molecule has 1 fully saturated rings. The van der Waals surface area contributed by atoms with Crippen LogP contribution in [0.1, 0.15) is 25.7 Å². The quantitative estimate of drug-likeness (QED) is 0.463. The number of hydrogen-bond donors (Lipinski definition) is 0. The van der Waals surface area contributed by atoms with Gasteiger partial charge in [-0.25, -0.2) is 4.98 Å². The van der Waals surface area contributed by atoms with Gasteiger partial charge in [-0.15, -0.1) is 0 Å². The second-order valence-electron chi connectivity index (χ2n) is 4.16. The first-order valence-electron chi connectivity index (χ1n) is 5.74. The van der Waals surface area contributed by atoms with E-state index in [1.807, 2.05) is 0 Å². The zero-order chi connectivity index (χ0) is 12.3. The molecule has 1 aromatic heterocycles. The lowest BCUT2D eigenvalue weighted by Gasteiger charge is -2.21. The van der Waals surface area contributed by atoms with Gasteiger partial charge in [0, 0.05) is 13.1 Å². The molecule has 0 N–H and O–H groups in total. The van der Waals surface area contributed by atoms with Crippen molar-refractivity contribution in [1.82, 2.24) is 4.98 Å². The molecule has 2 rings (SSSR count). The number of anilines is 1. The van der Waals surface area contributed by atoms with Crippen LogP contribution in [0.15, 0.2) is 12.1 Å². The van der Waals surface area contributed by atoms with Gasteiger partial charge in [0.2, 0.25) is 0 Å². The van der Waals surface area contributed by atoms with Crippen molar-refractivity contribution in [3.8, 4) is 0 Å². The molecular formula is C11H14ClN3O2. The summed E-state index contributed by atoms with van der Waals surface area (Å²) in [5, 5.41) is 10.9. The normalized spacial score (nSPS) is 16.6. The maximum absolute atomic E-state index is 10.8. The average molecular weight is 256 g/mol. The molecule has 1 aliphatic rings. The predicted octanol–water partition coefficient (Wildman–Crippen LogP) is 3.02. The highest BCUT2D eigenvalue weighted by atomic mass is 35.5. The zero-order valence-corrected chi connectivity index (χ0v) is 10.2. The lowest BCUT2D eigenvalue weighted by molar-refractivity contribution is -0.384. The minimum absolute atomic E-state index is 0.00393. The number of aromatic nitrogens is 1. The second-order valence-corrected chi connectivity index (χ2v) is 4.55. The SMILES string of the molecule is O=[N+]([O-])c1cc(Cl)nc(N2CCCCCC2)c1. The van der Waals surface area contributed by atoms with Crippen LogP contribution in [0.3, 0.4) is 0 Å². The maximum Gasteiger partial charge on any atom is 0.276 e. The fourth-order valence-electron chi connectivity index (χ4n) is 2.04. The van der Waals surface area contributed by atoms with Crippen LogP contribution in [-0.2, 0) is 0 Å². The second kappa shape index (κ2) is 5.31.